The Balaban J connectivity index is 1.72. The second-order valence-corrected chi connectivity index (χ2v) is 7.87. The number of hydrogen-bond acceptors (Lipinski definition) is 1. The summed E-state index contributed by atoms with van der Waals surface area (Å²) in [5.74, 6) is 0.0667. The van der Waals surface area contributed by atoms with E-state index in [-0.39, 0.29) is 11.3 Å². The van der Waals surface area contributed by atoms with E-state index in [1.54, 1.807) is 12.1 Å². The average Bonchev–Trinajstić information content (AvgIpc) is 2.74. The maximum Gasteiger partial charge on any atom is 0.416 e. The molecule has 3 rings (SSSR count). The van der Waals surface area contributed by atoms with E-state index in [2.05, 4.69) is 43.4 Å². The van der Waals surface area contributed by atoms with Crippen molar-refractivity contribution in [3.05, 3.63) is 89.0 Å². The number of anilines is 1. The van der Waals surface area contributed by atoms with Crippen LogP contribution in [0.1, 0.15) is 59.7 Å². The van der Waals surface area contributed by atoms with Crippen molar-refractivity contribution in [2.24, 2.45) is 0 Å². The van der Waals surface area contributed by atoms with Gasteiger partial charge in [-0.05, 0) is 65.8 Å². The minimum Gasteiger partial charge on any atom is -0.322 e. The molecule has 1 unspecified atom stereocenters. The summed E-state index contributed by atoms with van der Waals surface area (Å²) in [7, 11) is 0. The van der Waals surface area contributed by atoms with Crippen LogP contribution in [0.15, 0.2) is 66.7 Å². The maximum absolute atomic E-state index is 13.1. The molecule has 0 radical (unpaired) electrons. The number of rotatable bonds is 6. The van der Waals surface area contributed by atoms with Crippen LogP contribution in [0.3, 0.4) is 0 Å². The van der Waals surface area contributed by atoms with Crippen molar-refractivity contribution in [1.82, 2.24) is 0 Å². The van der Waals surface area contributed by atoms with Crippen LogP contribution >= 0.6 is 0 Å². The summed E-state index contributed by atoms with van der Waals surface area (Å²) in [5, 5.41) is 2.55. The average molecular weight is 425 g/mol. The third-order valence-electron chi connectivity index (χ3n) is 5.48. The number of alkyl halides is 3. The minimum atomic E-state index is -4.46. The second kappa shape index (κ2) is 9.38. The quantitative estimate of drug-likeness (QED) is 0.428. The van der Waals surface area contributed by atoms with Crippen molar-refractivity contribution in [2.45, 2.75) is 45.7 Å². The van der Waals surface area contributed by atoms with Crippen molar-refractivity contribution in [1.29, 1.82) is 0 Å². The van der Waals surface area contributed by atoms with Gasteiger partial charge in [-0.1, -0.05) is 62.7 Å². The standard InChI is InChI=1S/C26H26F3NO/c1-4-5-17(2)19-7-9-20(10-8-19)21-11-13-22(14-12-21)25(31)30-23-15-6-18(3)24(16-23)26(27,28)29/h6-17H,4-5H2,1-3H3,(H,30,31). The predicted octanol–water partition coefficient (Wildman–Crippen LogP) is 7.84. The fourth-order valence-electron chi connectivity index (χ4n) is 3.63. The highest BCUT2D eigenvalue weighted by Crippen LogP contribution is 2.33. The van der Waals surface area contributed by atoms with Crippen LogP contribution in [0.5, 0.6) is 0 Å². The van der Waals surface area contributed by atoms with E-state index in [1.165, 1.54) is 24.6 Å². The van der Waals surface area contributed by atoms with Gasteiger partial charge in [-0.15, -0.1) is 0 Å². The zero-order valence-corrected chi connectivity index (χ0v) is 17.9. The Hall–Kier alpha value is -3.08. The highest BCUT2D eigenvalue weighted by Gasteiger charge is 2.32. The summed E-state index contributed by atoms with van der Waals surface area (Å²) in [6.07, 6.45) is -2.17. The van der Waals surface area contributed by atoms with E-state index in [0.29, 0.717) is 11.5 Å². The molecule has 0 saturated carbocycles. The molecule has 0 bridgehead atoms. The fraction of sp³-hybridized carbons (Fsp3) is 0.269. The number of halogens is 3. The van der Waals surface area contributed by atoms with Crippen LogP contribution in [0, 0.1) is 6.92 Å². The van der Waals surface area contributed by atoms with Gasteiger partial charge in [0.1, 0.15) is 0 Å². The molecule has 1 N–H and O–H groups in total. The molecule has 31 heavy (non-hydrogen) atoms. The van der Waals surface area contributed by atoms with Crippen molar-refractivity contribution >= 4 is 11.6 Å². The van der Waals surface area contributed by atoms with Crippen molar-refractivity contribution < 1.29 is 18.0 Å². The zero-order chi connectivity index (χ0) is 22.6. The van der Waals surface area contributed by atoms with E-state index < -0.39 is 17.6 Å². The summed E-state index contributed by atoms with van der Waals surface area (Å²) < 4.78 is 39.3. The van der Waals surface area contributed by atoms with E-state index in [9.17, 15) is 18.0 Å². The number of amides is 1. The second-order valence-electron chi connectivity index (χ2n) is 7.87. The molecule has 1 atom stereocenters. The number of benzene rings is 3. The van der Waals surface area contributed by atoms with E-state index in [4.69, 9.17) is 0 Å². The lowest BCUT2D eigenvalue weighted by Crippen LogP contribution is -2.14. The number of carbonyl (C=O) groups is 1. The van der Waals surface area contributed by atoms with Crippen LogP contribution in [-0.4, -0.2) is 5.91 Å². The molecule has 3 aromatic rings. The first kappa shape index (κ1) is 22.6. The largest absolute Gasteiger partial charge is 0.416 e. The molecular formula is C26H26F3NO. The van der Waals surface area contributed by atoms with Crippen LogP contribution in [0.2, 0.25) is 0 Å². The third-order valence-corrected chi connectivity index (χ3v) is 5.48. The van der Waals surface area contributed by atoms with Gasteiger partial charge in [0.15, 0.2) is 0 Å². The molecule has 3 aromatic carbocycles. The monoisotopic (exact) mass is 425 g/mol. The molecule has 2 nitrogen and oxygen atoms in total. The van der Waals surface area contributed by atoms with Crippen molar-refractivity contribution in [3.63, 3.8) is 0 Å². The van der Waals surface area contributed by atoms with Gasteiger partial charge in [0.25, 0.3) is 5.91 Å². The summed E-state index contributed by atoms with van der Waals surface area (Å²) in [6, 6.07) is 19.2. The highest BCUT2D eigenvalue weighted by molar-refractivity contribution is 6.04. The molecule has 0 aliphatic carbocycles. The SMILES string of the molecule is CCCC(C)c1ccc(-c2ccc(C(=O)Nc3ccc(C)c(C(F)(F)F)c3)cc2)cc1. The number of aryl methyl sites for hydroxylation is 1. The van der Waals surface area contributed by atoms with Crippen molar-refractivity contribution in [3.8, 4) is 11.1 Å². The topological polar surface area (TPSA) is 29.1 Å². The molecule has 0 heterocycles. The van der Waals surface area contributed by atoms with Crippen molar-refractivity contribution in [2.75, 3.05) is 5.32 Å². The maximum atomic E-state index is 13.1. The molecule has 0 aliphatic rings. The molecule has 0 saturated heterocycles. The van der Waals surface area contributed by atoms with E-state index in [0.717, 1.165) is 30.0 Å². The smallest absolute Gasteiger partial charge is 0.322 e. The lowest BCUT2D eigenvalue weighted by Gasteiger charge is -2.13. The van der Waals surface area contributed by atoms with E-state index >= 15 is 0 Å². The first-order valence-electron chi connectivity index (χ1n) is 10.4. The van der Waals surface area contributed by atoms with Gasteiger partial charge in [0.2, 0.25) is 0 Å². The lowest BCUT2D eigenvalue weighted by molar-refractivity contribution is -0.138. The minimum absolute atomic E-state index is 0.115. The number of nitrogens with one attached hydrogen (secondary N) is 1. The summed E-state index contributed by atoms with van der Waals surface area (Å²) in [4.78, 5) is 12.5. The first-order valence-corrected chi connectivity index (χ1v) is 10.4. The van der Waals surface area contributed by atoms with Crippen LogP contribution in [0.4, 0.5) is 18.9 Å². The molecule has 0 aliphatic heterocycles. The molecule has 162 valence electrons. The van der Waals surface area contributed by atoms with Gasteiger partial charge >= 0.3 is 6.18 Å². The highest BCUT2D eigenvalue weighted by atomic mass is 19.4. The molecule has 0 aromatic heterocycles. The summed E-state index contributed by atoms with van der Waals surface area (Å²) in [6.45, 7) is 5.79. The molecule has 0 spiro atoms. The Labute approximate surface area is 181 Å². The van der Waals surface area contributed by atoms with Gasteiger partial charge < -0.3 is 5.32 Å². The molecule has 1 amide bonds. The third kappa shape index (κ3) is 5.54. The Morgan fingerprint density at radius 1 is 0.935 bits per heavy atom. The summed E-state index contributed by atoms with van der Waals surface area (Å²) in [5.41, 5.74) is 3.18. The lowest BCUT2D eigenvalue weighted by atomic mass is 9.94. The Morgan fingerprint density at radius 3 is 2.06 bits per heavy atom. The van der Waals surface area contributed by atoms with Crippen LogP contribution in [0.25, 0.3) is 11.1 Å². The van der Waals surface area contributed by atoms with E-state index in [1.807, 2.05) is 12.1 Å². The molecular weight excluding hydrogens is 399 g/mol. The Morgan fingerprint density at radius 2 is 1.52 bits per heavy atom. The van der Waals surface area contributed by atoms with Crippen LogP contribution < -0.4 is 5.32 Å². The van der Waals surface area contributed by atoms with Gasteiger partial charge in [0, 0.05) is 11.3 Å². The van der Waals surface area contributed by atoms with Crippen LogP contribution in [-0.2, 0) is 6.18 Å². The summed E-state index contributed by atoms with van der Waals surface area (Å²) >= 11 is 0. The fourth-order valence-corrected chi connectivity index (χ4v) is 3.63. The van der Waals surface area contributed by atoms with Gasteiger partial charge in [-0.25, -0.2) is 0 Å². The number of hydrogen-bond donors (Lipinski definition) is 1. The van der Waals surface area contributed by atoms with Gasteiger partial charge in [0.05, 0.1) is 5.56 Å². The first-order chi connectivity index (χ1) is 14.7. The normalized spacial score (nSPS) is 12.5. The molecule has 5 heteroatoms. The Bertz CT molecular complexity index is 1040. The van der Waals surface area contributed by atoms with Gasteiger partial charge in [-0.3, -0.25) is 4.79 Å². The van der Waals surface area contributed by atoms with Gasteiger partial charge in [-0.2, -0.15) is 13.2 Å². The predicted molar refractivity (Wildman–Crippen MR) is 119 cm³/mol. The molecule has 0 fully saturated rings. The number of carbonyl (C=O) groups excluding carboxylic acids is 1. The zero-order valence-electron chi connectivity index (χ0n) is 17.9. The Kier molecular flexibility index (Phi) is 6.84.